The fourth-order valence-electron chi connectivity index (χ4n) is 1.88. The Hall–Kier alpha value is -1.52. The van der Waals surface area contributed by atoms with Crippen LogP contribution in [0.25, 0.3) is 0 Å². The van der Waals surface area contributed by atoms with E-state index in [-0.39, 0.29) is 24.0 Å². The Balaban J connectivity index is 0.00000625. The molecule has 1 heterocycles. The summed E-state index contributed by atoms with van der Waals surface area (Å²) in [5.41, 5.74) is 0.456. The highest BCUT2D eigenvalue weighted by Gasteiger charge is 2.15. The van der Waals surface area contributed by atoms with Crippen LogP contribution in [0, 0.1) is 0 Å². The molecule has 1 amide bonds. The number of guanidine groups is 1. The summed E-state index contributed by atoms with van der Waals surface area (Å²) in [6.07, 6.45) is 0.348. The molecule has 0 fully saturated rings. The van der Waals surface area contributed by atoms with Gasteiger partial charge in [-0.3, -0.25) is 4.99 Å². The van der Waals surface area contributed by atoms with Gasteiger partial charge in [0.05, 0.1) is 12.2 Å². The zero-order valence-corrected chi connectivity index (χ0v) is 18.8. The van der Waals surface area contributed by atoms with Crippen molar-refractivity contribution in [2.24, 2.45) is 4.99 Å². The number of carbonyl (C=O) groups excluding carboxylic acids is 1. The minimum absolute atomic E-state index is 0. The number of ether oxygens (including phenoxy) is 1. The van der Waals surface area contributed by atoms with Crippen molar-refractivity contribution < 1.29 is 14.1 Å². The number of nitrogens with one attached hydrogen (secondary N) is 3. The summed E-state index contributed by atoms with van der Waals surface area (Å²) < 4.78 is 10.4. The van der Waals surface area contributed by atoms with Crippen LogP contribution in [0.1, 0.15) is 58.4 Å². The predicted octanol–water partition coefficient (Wildman–Crippen LogP) is 3.00. The van der Waals surface area contributed by atoms with Gasteiger partial charge in [-0.15, -0.1) is 24.0 Å². The van der Waals surface area contributed by atoms with Crippen molar-refractivity contribution in [1.29, 1.82) is 0 Å². The van der Waals surface area contributed by atoms with Crippen LogP contribution >= 0.6 is 24.0 Å². The van der Waals surface area contributed by atoms with Gasteiger partial charge in [-0.25, -0.2) is 4.79 Å². The number of hydrogen-bond donors (Lipinski definition) is 3. The first-order valence-corrected chi connectivity index (χ1v) is 8.58. The van der Waals surface area contributed by atoms with Crippen LogP contribution in [-0.4, -0.2) is 42.9 Å². The Morgan fingerprint density at radius 2 is 1.92 bits per heavy atom. The quantitative estimate of drug-likeness (QED) is 0.240. The number of halogens is 1. The molecule has 0 aliphatic heterocycles. The monoisotopic (exact) mass is 481 g/mol. The third-order valence-corrected chi connectivity index (χ3v) is 3.14. The third-order valence-electron chi connectivity index (χ3n) is 3.14. The Labute approximate surface area is 172 Å². The summed E-state index contributed by atoms with van der Waals surface area (Å²) in [6, 6.07) is 1.94. The van der Waals surface area contributed by atoms with Crippen LogP contribution in [0.2, 0.25) is 0 Å². The van der Waals surface area contributed by atoms with E-state index in [9.17, 15) is 4.79 Å². The van der Waals surface area contributed by atoms with Crippen LogP contribution < -0.4 is 16.0 Å². The van der Waals surface area contributed by atoms with Gasteiger partial charge in [0.25, 0.3) is 0 Å². The van der Waals surface area contributed by atoms with Gasteiger partial charge < -0.3 is 25.2 Å². The number of alkyl carbamates (subject to hydrolysis) is 1. The summed E-state index contributed by atoms with van der Waals surface area (Å²) in [5, 5.41) is 13.1. The minimum atomic E-state index is -0.482. The van der Waals surface area contributed by atoms with Crippen LogP contribution in [0.5, 0.6) is 0 Å². The fraction of sp³-hybridized carbons (Fsp3) is 0.706. The molecule has 1 aromatic rings. The highest BCUT2D eigenvalue weighted by atomic mass is 127. The lowest BCUT2D eigenvalue weighted by atomic mass is 10.1. The first kappa shape index (κ1) is 24.5. The van der Waals surface area contributed by atoms with E-state index >= 15 is 0 Å². The van der Waals surface area contributed by atoms with Crippen LogP contribution in [0.4, 0.5) is 4.79 Å². The maximum absolute atomic E-state index is 11.5. The van der Waals surface area contributed by atoms with Gasteiger partial charge in [0.15, 0.2) is 11.7 Å². The summed E-state index contributed by atoms with van der Waals surface area (Å²) in [4.78, 5) is 15.7. The summed E-state index contributed by atoms with van der Waals surface area (Å²) >= 11 is 0. The molecule has 150 valence electrons. The zero-order valence-electron chi connectivity index (χ0n) is 16.5. The number of carbonyl (C=O) groups is 1. The van der Waals surface area contributed by atoms with Gasteiger partial charge in [0.1, 0.15) is 5.60 Å². The average Bonchev–Trinajstić information content (AvgIpc) is 2.97. The van der Waals surface area contributed by atoms with E-state index < -0.39 is 11.7 Å². The first-order chi connectivity index (χ1) is 11.7. The third kappa shape index (κ3) is 10.5. The molecule has 9 heteroatoms. The smallest absolute Gasteiger partial charge is 0.407 e. The molecule has 8 nitrogen and oxygen atoms in total. The van der Waals surface area contributed by atoms with Gasteiger partial charge in [-0.2, -0.15) is 0 Å². The Morgan fingerprint density at radius 1 is 1.27 bits per heavy atom. The second-order valence-corrected chi connectivity index (χ2v) is 7.01. The minimum Gasteiger partial charge on any atom is -0.444 e. The number of rotatable bonds is 7. The van der Waals surface area contributed by atoms with Gasteiger partial charge in [-0.1, -0.05) is 19.0 Å². The number of aromatic nitrogens is 1. The highest BCUT2D eigenvalue weighted by molar-refractivity contribution is 14.0. The lowest BCUT2D eigenvalue weighted by Gasteiger charge is -2.19. The Morgan fingerprint density at radius 3 is 2.46 bits per heavy atom. The van der Waals surface area contributed by atoms with E-state index in [1.165, 1.54) is 0 Å². The summed E-state index contributed by atoms with van der Waals surface area (Å²) in [7, 11) is 1.70. The predicted molar refractivity (Wildman–Crippen MR) is 113 cm³/mol. The van der Waals surface area contributed by atoms with Crippen molar-refractivity contribution in [2.75, 3.05) is 20.1 Å². The SMILES string of the molecule is CN=C(NCCCNC(=O)OC(C)(C)C)NCc1cc(C(C)C)no1.I. The topological polar surface area (TPSA) is 101 Å². The van der Waals surface area contributed by atoms with Gasteiger partial charge >= 0.3 is 6.09 Å². The Kier molecular flexibility index (Phi) is 11.3. The van der Waals surface area contributed by atoms with Gasteiger partial charge in [-0.05, 0) is 33.1 Å². The molecule has 0 radical (unpaired) electrons. The van der Waals surface area contributed by atoms with E-state index in [1.54, 1.807) is 7.05 Å². The van der Waals surface area contributed by atoms with Crippen molar-refractivity contribution in [1.82, 2.24) is 21.1 Å². The van der Waals surface area contributed by atoms with Crippen molar-refractivity contribution >= 4 is 36.0 Å². The molecule has 0 aliphatic carbocycles. The average molecular weight is 481 g/mol. The molecule has 26 heavy (non-hydrogen) atoms. The molecule has 0 aromatic carbocycles. The number of hydrogen-bond acceptors (Lipinski definition) is 5. The van der Waals surface area contributed by atoms with Gasteiger partial charge in [0.2, 0.25) is 0 Å². The molecule has 0 saturated carbocycles. The summed E-state index contributed by atoms with van der Waals surface area (Å²) in [6.45, 7) is 11.4. The van der Waals surface area contributed by atoms with Crippen LogP contribution in [-0.2, 0) is 11.3 Å². The Bertz CT molecular complexity index is 567. The fourth-order valence-corrected chi connectivity index (χ4v) is 1.88. The molecule has 3 N–H and O–H groups in total. The van der Waals surface area contributed by atoms with E-state index in [0.717, 1.165) is 17.9 Å². The largest absolute Gasteiger partial charge is 0.444 e. The van der Waals surface area contributed by atoms with E-state index in [4.69, 9.17) is 9.26 Å². The molecule has 0 aliphatic rings. The highest BCUT2D eigenvalue weighted by Crippen LogP contribution is 2.13. The van der Waals surface area contributed by atoms with Gasteiger partial charge in [0, 0.05) is 26.2 Å². The second kappa shape index (κ2) is 12.0. The second-order valence-electron chi connectivity index (χ2n) is 7.01. The molecule has 0 atom stereocenters. The molecule has 0 unspecified atom stereocenters. The number of nitrogens with zero attached hydrogens (tertiary/aromatic N) is 2. The zero-order chi connectivity index (χ0) is 18.9. The number of amides is 1. The molecular formula is C17H32IN5O3. The standard InChI is InChI=1S/C17H31N5O3.HI/c1-12(2)14-10-13(25-22-14)11-21-15(18-6)19-8-7-9-20-16(23)24-17(3,4)5;/h10,12H,7-9,11H2,1-6H3,(H,20,23)(H2,18,19,21);1H. The maximum atomic E-state index is 11.5. The van der Waals surface area contributed by atoms with Crippen LogP contribution in [0.15, 0.2) is 15.6 Å². The normalized spacial score (nSPS) is 11.7. The molecular weight excluding hydrogens is 449 g/mol. The first-order valence-electron chi connectivity index (χ1n) is 8.58. The lowest BCUT2D eigenvalue weighted by molar-refractivity contribution is 0.0527. The molecule has 1 aromatic heterocycles. The lowest BCUT2D eigenvalue weighted by Crippen LogP contribution is -2.39. The van der Waals surface area contributed by atoms with Crippen molar-refractivity contribution in [3.8, 4) is 0 Å². The number of aliphatic imine (C=N–C) groups is 1. The maximum Gasteiger partial charge on any atom is 0.407 e. The molecule has 0 spiro atoms. The van der Waals surface area contributed by atoms with Crippen molar-refractivity contribution in [3.63, 3.8) is 0 Å². The van der Waals surface area contributed by atoms with E-state index in [1.807, 2.05) is 26.8 Å². The summed E-state index contributed by atoms with van der Waals surface area (Å²) in [5.74, 6) is 1.77. The van der Waals surface area contributed by atoms with Crippen molar-refractivity contribution in [3.05, 3.63) is 17.5 Å². The van der Waals surface area contributed by atoms with Crippen molar-refractivity contribution in [2.45, 2.75) is 59.1 Å². The van der Waals surface area contributed by atoms with E-state index in [2.05, 4.69) is 39.9 Å². The molecule has 0 bridgehead atoms. The van der Waals surface area contributed by atoms with E-state index in [0.29, 0.717) is 31.5 Å². The molecule has 1 rings (SSSR count). The van der Waals surface area contributed by atoms with Crippen LogP contribution in [0.3, 0.4) is 0 Å². The molecule has 0 saturated heterocycles.